The number of aromatic amines is 1. The molecule has 2 fully saturated rings. The zero-order valence-corrected chi connectivity index (χ0v) is 16.7. The number of fused-ring (bicyclic) bond motifs is 1. The van der Waals surface area contributed by atoms with E-state index in [2.05, 4.69) is 22.1 Å². The van der Waals surface area contributed by atoms with E-state index < -0.39 is 6.10 Å². The van der Waals surface area contributed by atoms with E-state index in [1.54, 1.807) is 0 Å². The lowest BCUT2D eigenvalue weighted by Gasteiger charge is -2.15. The number of benzene rings is 1. The molecule has 2 aromatic rings. The minimum Gasteiger partial charge on any atom is -0.456 e. The van der Waals surface area contributed by atoms with Crippen molar-refractivity contribution < 1.29 is 24.4 Å². The van der Waals surface area contributed by atoms with Crippen molar-refractivity contribution in [3.8, 4) is 6.01 Å². The van der Waals surface area contributed by atoms with E-state index in [0.29, 0.717) is 31.3 Å². The minimum atomic E-state index is -0.613. The second kappa shape index (κ2) is 9.28. The van der Waals surface area contributed by atoms with Crippen LogP contribution in [0.5, 0.6) is 6.01 Å². The van der Waals surface area contributed by atoms with Gasteiger partial charge < -0.3 is 29.4 Å². The number of aliphatic hydroxyl groups is 2. The van der Waals surface area contributed by atoms with E-state index in [1.807, 2.05) is 24.3 Å². The molecule has 2 aliphatic heterocycles. The topological polar surface area (TPSA) is 96.8 Å². The molecule has 3 heterocycles. The summed E-state index contributed by atoms with van der Waals surface area (Å²) >= 11 is 5.89. The van der Waals surface area contributed by atoms with Crippen molar-refractivity contribution in [2.75, 3.05) is 25.7 Å². The number of hydrogen-bond donors (Lipinski definition) is 3. The van der Waals surface area contributed by atoms with Gasteiger partial charge in [0.2, 0.25) is 0 Å². The molecule has 0 amide bonds. The Labute approximate surface area is 173 Å². The van der Waals surface area contributed by atoms with Gasteiger partial charge in [-0.15, -0.1) is 11.6 Å². The highest BCUT2D eigenvalue weighted by atomic mass is 35.5. The highest BCUT2D eigenvalue weighted by Crippen LogP contribution is 2.28. The maximum atomic E-state index is 9.86. The predicted octanol–water partition coefficient (Wildman–Crippen LogP) is -0.107. The molecule has 7 nitrogen and oxygen atoms in total. The van der Waals surface area contributed by atoms with Crippen LogP contribution in [0, 0.1) is 0 Å². The average Bonchev–Trinajstić information content (AvgIpc) is 3.40. The molecule has 1 aromatic carbocycles. The fraction of sp³-hybridized carbons (Fsp3) is 0.476. The lowest BCUT2D eigenvalue weighted by Crippen LogP contribution is -2.34. The Bertz CT molecular complexity index is 930. The number of alkyl halides is 1. The van der Waals surface area contributed by atoms with Crippen molar-refractivity contribution in [3.05, 3.63) is 46.1 Å². The largest absolute Gasteiger partial charge is 0.456 e. The van der Waals surface area contributed by atoms with E-state index in [-0.39, 0.29) is 31.5 Å². The molecule has 0 spiro atoms. The number of nitrogens with zero attached hydrogens (tertiary/aromatic N) is 1. The fourth-order valence-electron chi connectivity index (χ4n) is 3.70. The zero-order chi connectivity index (χ0) is 20.2. The van der Waals surface area contributed by atoms with Crippen LogP contribution in [0.3, 0.4) is 0 Å². The van der Waals surface area contributed by atoms with Gasteiger partial charge in [-0.1, -0.05) is 30.3 Å². The standard InChI is InChI=1S/C21H25ClN2O5/c22-9-7-16-15(6-5-13-1-3-14(4-2-13)8-10-25)23-21(24-16)29-18-12-28-19-17(26)11-27-20(18)19/h1-4,6-7,17-20,25-26H,5,8-12H2,(H,23,24)/b15-6+,16-7+. The van der Waals surface area contributed by atoms with Crippen LogP contribution in [-0.4, -0.2) is 70.3 Å². The van der Waals surface area contributed by atoms with Gasteiger partial charge in [-0.2, -0.15) is 4.98 Å². The Kier molecular flexibility index (Phi) is 6.52. The Balaban J connectivity index is 1.49. The van der Waals surface area contributed by atoms with E-state index >= 15 is 0 Å². The molecular weight excluding hydrogens is 396 g/mol. The smallest absolute Gasteiger partial charge is 0.295 e. The van der Waals surface area contributed by atoms with Crippen LogP contribution < -0.4 is 15.4 Å². The van der Waals surface area contributed by atoms with Gasteiger partial charge in [-0.3, -0.25) is 0 Å². The molecule has 4 unspecified atom stereocenters. The number of H-pyrrole nitrogens is 1. The summed E-state index contributed by atoms with van der Waals surface area (Å²) in [6.45, 7) is 0.756. The Morgan fingerprint density at radius 1 is 1.14 bits per heavy atom. The summed E-state index contributed by atoms with van der Waals surface area (Å²) in [5.41, 5.74) is 2.26. The number of aromatic nitrogens is 2. The maximum absolute atomic E-state index is 9.86. The van der Waals surface area contributed by atoms with Gasteiger partial charge in [0.05, 0.1) is 23.9 Å². The summed E-state index contributed by atoms with van der Waals surface area (Å²) in [5, 5.41) is 20.4. The van der Waals surface area contributed by atoms with Crippen molar-refractivity contribution in [3.63, 3.8) is 0 Å². The summed E-state index contributed by atoms with van der Waals surface area (Å²) in [6, 6.07) is 8.53. The van der Waals surface area contributed by atoms with Crippen molar-refractivity contribution in [2.45, 2.75) is 37.3 Å². The lowest BCUT2D eigenvalue weighted by molar-refractivity contribution is 0.00695. The van der Waals surface area contributed by atoms with Crippen LogP contribution in [-0.2, 0) is 22.3 Å². The van der Waals surface area contributed by atoms with Crippen LogP contribution in [0.25, 0.3) is 12.2 Å². The first-order valence-electron chi connectivity index (χ1n) is 9.77. The van der Waals surface area contributed by atoms with Crippen LogP contribution in [0.4, 0.5) is 0 Å². The third-order valence-electron chi connectivity index (χ3n) is 5.22. The van der Waals surface area contributed by atoms with Gasteiger partial charge in [-0.25, -0.2) is 0 Å². The molecule has 0 radical (unpaired) electrons. The minimum absolute atomic E-state index is 0.150. The first-order valence-corrected chi connectivity index (χ1v) is 10.3. The molecule has 4 atom stereocenters. The molecule has 1 aromatic heterocycles. The molecule has 0 saturated carbocycles. The molecular formula is C21H25ClN2O5. The number of nitrogens with one attached hydrogen (secondary N) is 1. The van der Waals surface area contributed by atoms with E-state index in [1.165, 1.54) is 0 Å². The normalized spacial score (nSPS) is 27.6. The van der Waals surface area contributed by atoms with Gasteiger partial charge in [0.25, 0.3) is 6.01 Å². The third-order valence-corrected chi connectivity index (χ3v) is 5.37. The van der Waals surface area contributed by atoms with Gasteiger partial charge in [0.1, 0.15) is 18.3 Å². The van der Waals surface area contributed by atoms with Crippen LogP contribution in [0.1, 0.15) is 11.1 Å². The van der Waals surface area contributed by atoms with Gasteiger partial charge in [-0.05, 0) is 30.0 Å². The number of imidazole rings is 1. The van der Waals surface area contributed by atoms with Crippen LogP contribution in [0.2, 0.25) is 0 Å². The van der Waals surface area contributed by atoms with Gasteiger partial charge >= 0.3 is 0 Å². The summed E-state index contributed by atoms with van der Waals surface area (Å²) in [4.78, 5) is 7.71. The molecule has 3 N–H and O–H groups in total. The molecule has 8 heteroatoms. The predicted molar refractivity (Wildman–Crippen MR) is 108 cm³/mol. The van der Waals surface area contributed by atoms with Crippen molar-refractivity contribution >= 4 is 23.8 Å². The number of rotatable bonds is 7. The summed E-state index contributed by atoms with van der Waals surface area (Å²) in [5.74, 6) is 0.352. The molecule has 2 aliphatic rings. The first-order chi connectivity index (χ1) is 14.2. The Hall–Kier alpha value is -1.90. The number of halogens is 1. The van der Waals surface area contributed by atoms with Gasteiger partial charge in [0.15, 0.2) is 6.10 Å². The molecule has 4 rings (SSSR count). The average molecular weight is 421 g/mol. The Morgan fingerprint density at radius 3 is 2.66 bits per heavy atom. The SMILES string of the molecule is OCCc1ccc(C/C=c2/nc(OC3COC4C(O)COC34)[nH]/c2=C/CCl)cc1. The van der Waals surface area contributed by atoms with E-state index in [0.717, 1.165) is 21.8 Å². The lowest BCUT2D eigenvalue weighted by atomic mass is 10.1. The summed E-state index contributed by atoms with van der Waals surface area (Å²) in [7, 11) is 0. The quantitative estimate of drug-likeness (QED) is 0.541. The number of aliphatic hydroxyl groups excluding tert-OH is 2. The van der Waals surface area contributed by atoms with Crippen molar-refractivity contribution in [1.82, 2.24) is 9.97 Å². The van der Waals surface area contributed by atoms with Gasteiger partial charge in [0, 0.05) is 12.5 Å². The molecule has 0 aliphatic carbocycles. The monoisotopic (exact) mass is 420 g/mol. The molecule has 2 saturated heterocycles. The number of ether oxygens (including phenoxy) is 3. The first kappa shape index (κ1) is 20.4. The second-order valence-electron chi connectivity index (χ2n) is 7.22. The van der Waals surface area contributed by atoms with Crippen molar-refractivity contribution in [1.29, 1.82) is 0 Å². The van der Waals surface area contributed by atoms with Crippen LogP contribution >= 0.6 is 11.6 Å². The zero-order valence-electron chi connectivity index (χ0n) is 16.0. The van der Waals surface area contributed by atoms with E-state index in [4.69, 9.17) is 30.9 Å². The molecule has 0 bridgehead atoms. The second-order valence-corrected chi connectivity index (χ2v) is 7.53. The van der Waals surface area contributed by atoms with E-state index in [9.17, 15) is 5.11 Å². The molecule has 156 valence electrons. The Morgan fingerprint density at radius 2 is 1.90 bits per heavy atom. The molecule has 29 heavy (non-hydrogen) atoms. The highest BCUT2D eigenvalue weighted by Gasteiger charge is 2.48. The van der Waals surface area contributed by atoms with Crippen LogP contribution in [0.15, 0.2) is 24.3 Å². The third kappa shape index (κ3) is 4.65. The summed E-state index contributed by atoms with van der Waals surface area (Å²) in [6.07, 6.45) is 3.67. The highest BCUT2D eigenvalue weighted by molar-refractivity contribution is 6.20. The maximum Gasteiger partial charge on any atom is 0.295 e. The van der Waals surface area contributed by atoms with Crippen molar-refractivity contribution in [2.24, 2.45) is 0 Å². The fourth-order valence-corrected chi connectivity index (χ4v) is 3.85. The number of hydrogen-bond acceptors (Lipinski definition) is 6. The summed E-state index contributed by atoms with van der Waals surface area (Å²) < 4.78 is 17.2.